The molecule has 2 aromatic heterocycles. The largest absolute Gasteiger partial charge is 0.323 e. The summed E-state index contributed by atoms with van der Waals surface area (Å²) in [4.78, 5) is 0. The van der Waals surface area contributed by atoms with Crippen molar-refractivity contribution in [1.29, 1.82) is 0 Å². The average Bonchev–Trinajstić information content (AvgIpc) is 2.97. The van der Waals surface area contributed by atoms with E-state index in [9.17, 15) is 0 Å². The molecule has 0 saturated carbocycles. The third-order valence-corrected chi connectivity index (χ3v) is 4.15. The van der Waals surface area contributed by atoms with Crippen LogP contribution in [-0.4, -0.2) is 4.40 Å². The summed E-state index contributed by atoms with van der Waals surface area (Å²) in [5.74, 6) is 0. The molecule has 0 radical (unpaired) electrons. The Balaban J connectivity index is 1.87. The van der Waals surface area contributed by atoms with Crippen LogP contribution < -0.4 is 0 Å². The maximum Gasteiger partial charge on any atom is 0.0459 e. The molecule has 0 fully saturated rings. The third-order valence-electron chi connectivity index (χ3n) is 4.15. The minimum Gasteiger partial charge on any atom is -0.323 e. The van der Waals surface area contributed by atoms with Crippen LogP contribution in [-0.2, 0) is 6.42 Å². The van der Waals surface area contributed by atoms with E-state index in [0.29, 0.717) is 0 Å². The fourth-order valence-corrected chi connectivity index (χ4v) is 2.90. The SMILES string of the molecule is CCc1ccn2cc(-c3ccc4ccccc4c3)cc2c1. The predicted octanol–water partition coefficient (Wildman–Crippen LogP) is 5.32. The summed E-state index contributed by atoms with van der Waals surface area (Å²) in [7, 11) is 0. The molecule has 0 amide bonds. The fourth-order valence-electron chi connectivity index (χ4n) is 2.90. The van der Waals surface area contributed by atoms with E-state index in [1.165, 1.54) is 33.0 Å². The summed E-state index contributed by atoms with van der Waals surface area (Å²) < 4.78 is 2.20. The summed E-state index contributed by atoms with van der Waals surface area (Å²) >= 11 is 0. The highest BCUT2D eigenvalue weighted by Crippen LogP contribution is 2.26. The van der Waals surface area contributed by atoms with Crippen LogP contribution in [0.3, 0.4) is 0 Å². The van der Waals surface area contributed by atoms with E-state index in [4.69, 9.17) is 0 Å². The van der Waals surface area contributed by atoms with E-state index in [0.717, 1.165) is 6.42 Å². The van der Waals surface area contributed by atoms with Gasteiger partial charge in [0.1, 0.15) is 0 Å². The maximum absolute atomic E-state index is 2.27. The van der Waals surface area contributed by atoms with Gasteiger partial charge in [0.15, 0.2) is 0 Å². The van der Waals surface area contributed by atoms with Gasteiger partial charge >= 0.3 is 0 Å². The van der Waals surface area contributed by atoms with Crippen molar-refractivity contribution in [1.82, 2.24) is 4.40 Å². The first kappa shape index (κ1) is 12.2. The topological polar surface area (TPSA) is 4.41 Å². The predicted molar refractivity (Wildman–Crippen MR) is 89.7 cm³/mol. The average molecular weight is 271 g/mol. The van der Waals surface area contributed by atoms with Gasteiger partial charge in [-0.2, -0.15) is 0 Å². The Kier molecular flexibility index (Phi) is 2.78. The molecular weight excluding hydrogens is 254 g/mol. The van der Waals surface area contributed by atoms with Gasteiger partial charge in [-0.3, -0.25) is 0 Å². The number of aromatic nitrogens is 1. The zero-order valence-corrected chi connectivity index (χ0v) is 12.1. The molecule has 2 aromatic carbocycles. The summed E-state index contributed by atoms with van der Waals surface area (Å²) in [5, 5.41) is 2.58. The molecule has 4 aromatic rings. The Morgan fingerprint density at radius 1 is 0.810 bits per heavy atom. The Hall–Kier alpha value is -2.54. The monoisotopic (exact) mass is 271 g/mol. The van der Waals surface area contributed by atoms with E-state index in [2.05, 4.69) is 84.4 Å². The first-order chi connectivity index (χ1) is 10.3. The number of pyridine rings is 1. The molecule has 0 atom stereocenters. The first-order valence-electron chi connectivity index (χ1n) is 7.43. The highest BCUT2D eigenvalue weighted by Gasteiger charge is 2.04. The second kappa shape index (κ2) is 4.78. The minimum atomic E-state index is 1.08. The molecular formula is C20H17N. The lowest BCUT2D eigenvalue weighted by Crippen LogP contribution is -1.84. The van der Waals surface area contributed by atoms with Gasteiger partial charge in [0, 0.05) is 23.5 Å². The molecule has 102 valence electrons. The van der Waals surface area contributed by atoms with Crippen molar-refractivity contribution in [2.75, 3.05) is 0 Å². The number of fused-ring (bicyclic) bond motifs is 2. The molecule has 2 heterocycles. The summed E-state index contributed by atoms with van der Waals surface area (Å²) in [6.45, 7) is 2.19. The molecule has 0 aliphatic carbocycles. The Bertz CT molecular complexity index is 931. The summed E-state index contributed by atoms with van der Waals surface area (Å²) in [6, 6.07) is 21.9. The van der Waals surface area contributed by atoms with Crippen molar-refractivity contribution in [3.05, 3.63) is 78.6 Å². The Morgan fingerprint density at radius 2 is 1.67 bits per heavy atom. The number of hydrogen-bond donors (Lipinski definition) is 0. The Labute approximate surface area is 124 Å². The van der Waals surface area contributed by atoms with Gasteiger partial charge < -0.3 is 4.40 Å². The van der Waals surface area contributed by atoms with Crippen molar-refractivity contribution in [2.45, 2.75) is 13.3 Å². The van der Waals surface area contributed by atoms with Crippen molar-refractivity contribution in [3.63, 3.8) is 0 Å². The molecule has 0 saturated heterocycles. The molecule has 0 aliphatic heterocycles. The zero-order valence-electron chi connectivity index (χ0n) is 12.1. The maximum atomic E-state index is 2.27. The van der Waals surface area contributed by atoms with Crippen LogP contribution in [0.1, 0.15) is 12.5 Å². The van der Waals surface area contributed by atoms with Crippen LogP contribution in [0.2, 0.25) is 0 Å². The first-order valence-corrected chi connectivity index (χ1v) is 7.43. The summed E-state index contributed by atoms with van der Waals surface area (Å²) in [6.07, 6.45) is 5.44. The molecule has 0 aliphatic rings. The van der Waals surface area contributed by atoms with Gasteiger partial charge in [0.25, 0.3) is 0 Å². The third kappa shape index (κ3) is 2.11. The molecule has 0 bridgehead atoms. The van der Waals surface area contributed by atoms with Crippen molar-refractivity contribution in [2.24, 2.45) is 0 Å². The van der Waals surface area contributed by atoms with Crippen molar-refractivity contribution < 1.29 is 0 Å². The van der Waals surface area contributed by atoms with Crippen LogP contribution >= 0.6 is 0 Å². The molecule has 4 rings (SSSR count). The second-order valence-electron chi connectivity index (χ2n) is 5.51. The fraction of sp³-hybridized carbons (Fsp3) is 0.100. The lowest BCUT2D eigenvalue weighted by Gasteiger charge is -2.01. The molecule has 0 spiro atoms. The quantitative estimate of drug-likeness (QED) is 0.464. The van der Waals surface area contributed by atoms with Crippen LogP contribution in [0.15, 0.2) is 73.1 Å². The molecule has 0 N–H and O–H groups in total. The van der Waals surface area contributed by atoms with Gasteiger partial charge in [0.2, 0.25) is 0 Å². The van der Waals surface area contributed by atoms with Crippen molar-refractivity contribution >= 4 is 16.3 Å². The number of aryl methyl sites for hydroxylation is 1. The summed E-state index contributed by atoms with van der Waals surface area (Å²) in [5.41, 5.74) is 5.19. The standard InChI is InChI=1S/C20H17N/c1-2-15-9-10-21-14-19(13-20(21)11-15)18-8-7-16-5-3-4-6-17(16)12-18/h3-14H,2H2,1H3. The second-order valence-corrected chi connectivity index (χ2v) is 5.51. The number of benzene rings is 2. The van der Waals surface area contributed by atoms with Gasteiger partial charge in [-0.1, -0.05) is 43.3 Å². The molecule has 1 nitrogen and oxygen atoms in total. The number of nitrogens with zero attached hydrogens (tertiary/aromatic N) is 1. The highest BCUT2D eigenvalue weighted by molar-refractivity contribution is 5.87. The van der Waals surface area contributed by atoms with Crippen LogP contribution in [0.5, 0.6) is 0 Å². The normalized spacial score (nSPS) is 11.3. The Morgan fingerprint density at radius 3 is 2.52 bits per heavy atom. The molecule has 0 unspecified atom stereocenters. The van der Waals surface area contributed by atoms with E-state index in [1.54, 1.807) is 0 Å². The molecule has 1 heteroatoms. The van der Waals surface area contributed by atoms with E-state index < -0.39 is 0 Å². The lowest BCUT2D eigenvalue weighted by molar-refractivity contribution is 1.10. The smallest absolute Gasteiger partial charge is 0.0459 e. The van der Waals surface area contributed by atoms with Gasteiger partial charge in [-0.25, -0.2) is 0 Å². The number of rotatable bonds is 2. The lowest BCUT2D eigenvalue weighted by atomic mass is 10.0. The molecule has 21 heavy (non-hydrogen) atoms. The minimum absolute atomic E-state index is 1.08. The highest BCUT2D eigenvalue weighted by atomic mass is 14.8. The van der Waals surface area contributed by atoms with Crippen LogP contribution in [0, 0.1) is 0 Å². The number of hydrogen-bond acceptors (Lipinski definition) is 0. The van der Waals surface area contributed by atoms with E-state index in [-0.39, 0.29) is 0 Å². The van der Waals surface area contributed by atoms with E-state index in [1.807, 2.05) is 0 Å². The van der Waals surface area contributed by atoms with Gasteiger partial charge in [-0.15, -0.1) is 0 Å². The van der Waals surface area contributed by atoms with Crippen LogP contribution in [0.4, 0.5) is 0 Å². The van der Waals surface area contributed by atoms with Gasteiger partial charge in [-0.05, 0) is 52.6 Å². The van der Waals surface area contributed by atoms with E-state index >= 15 is 0 Å². The zero-order chi connectivity index (χ0) is 14.2. The van der Waals surface area contributed by atoms with Crippen LogP contribution in [0.25, 0.3) is 27.4 Å². The van der Waals surface area contributed by atoms with Crippen molar-refractivity contribution in [3.8, 4) is 11.1 Å². The van der Waals surface area contributed by atoms with Gasteiger partial charge in [0.05, 0.1) is 0 Å².